The number of nitriles is 1. The topological polar surface area (TPSA) is 268 Å². The van der Waals surface area contributed by atoms with E-state index in [0.29, 0.717) is 99.9 Å². The molecule has 0 spiro atoms. The normalized spacial score (nSPS) is 15.9. The predicted molar refractivity (Wildman–Crippen MR) is 490 cm³/mol. The fourth-order valence-electron chi connectivity index (χ4n) is 13.2. The van der Waals surface area contributed by atoms with Crippen LogP contribution in [-0.4, -0.2) is 129 Å². The number of carbonyl (C=O) groups is 4. The first-order chi connectivity index (χ1) is 55.4. The Morgan fingerprint density at radius 2 is 0.991 bits per heavy atom. The number of amides is 2. The van der Waals surface area contributed by atoms with Gasteiger partial charge in [0.25, 0.3) is 0 Å². The van der Waals surface area contributed by atoms with Crippen LogP contribution < -0.4 is 11.1 Å². The summed E-state index contributed by atoms with van der Waals surface area (Å²) in [5, 5.41) is 23.5. The molecule has 616 valence electrons. The third-order valence-electron chi connectivity index (χ3n) is 19.0. The van der Waals surface area contributed by atoms with Gasteiger partial charge in [0.05, 0.1) is 76.2 Å². The molecule has 32 heteroatoms. The number of hydrogen-bond acceptors (Lipinski definition) is 13. The van der Waals surface area contributed by atoms with E-state index in [9.17, 15) is 19.2 Å². The van der Waals surface area contributed by atoms with Crippen LogP contribution in [0.4, 0.5) is 9.59 Å². The second-order valence-corrected chi connectivity index (χ2v) is 38.6. The van der Waals surface area contributed by atoms with Crippen molar-refractivity contribution in [1.82, 2.24) is 49.9 Å². The molecular weight excluding hydrogens is 2030 g/mol. The summed E-state index contributed by atoms with van der Waals surface area (Å²) in [7, 11) is 0. The Balaban J connectivity index is 0.000000149. The number of nitrogen functional groups attached to an aromatic ring is 1. The molecule has 117 heavy (non-hydrogen) atoms. The van der Waals surface area contributed by atoms with Gasteiger partial charge in [0, 0.05) is 145 Å². The van der Waals surface area contributed by atoms with Crippen molar-refractivity contribution >= 4 is 206 Å². The van der Waals surface area contributed by atoms with Gasteiger partial charge in [-0.25, -0.2) is 24.5 Å². The number of aromatic nitrogens is 6. The van der Waals surface area contributed by atoms with Crippen LogP contribution in [0.5, 0.6) is 0 Å². The fraction of sp³-hybridized carbons (Fsp3) is 0.329. The summed E-state index contributed by atoms with van der Waals surface area (Å²) >= 11 is 62.4. The molecule has 1 saturated heterocycles. The average molecular weight is 2110 g/mol. The van der Waals surface area contributed by atoms with E-state index in [1.807, 2.05) is 126 Å². The quantitative estimate of drug-likeness (QED) is 0.0532. The maximum Gasteiger partial charge on any atom is 0.410 e. The molecule has 16 rings (SSSR count). The molecule has 1 fully saturated rings. The summed E-state index contributed by atoms with van der Waals surface area (Å²) < 4.78 is 15.3. The number of amidine groups is 1. The van der Waals surface area contributed by atoms with Crippen molar-refractivity contribution in [1.29, 1.82) is 10.7 Å². The molecule has 2 amide bonds. The Morgan fingerprint density at radius 3 is 1.49 bits per heavy atom. The van der Waals surface area contributed by atoms with Crippen molar-refractivity contribution in [3.05, 3.63) is 252 Å². The number of benzene rings is 7. The van der Waals surface area contributed by atoms with Gasteiger partial charge in [0.15, 0.2) is 0 Å². The smallest absolute Gasteiger partial charge is 0.410 e. The van der Waals surface area contributed by atoms with E-state index in [-0.39, 0.29) is 28.6 Å². The lowest BCUT2D eigenvalue weighted by molar-refractivity contribution is -0.120. The van der Waals surface area contributed by atoms with E-state index in [0.717, 1.165) is 148 Å². The molecule has 6 aliphatic rings. The first kappa shape index (κ1) is 93.1. The molecular formula is C85H84Br6Cl7N13O6. The average Bonchev–Trinajstić information content (AvgIpc) is 1.68. The number of carbonyl (C=O) groups excluding carboxylic acids is 4. The van der Waals surface area contributed by atoms with Crippen molar-refractivity contribution in [2.75, 3.05) is 32.7 Å². The van der Waals surface area contributed by atoms with Crippen molar-refractivity contribution in [2.24, 2.45) is 5.73 Å². The fourth-order valence-corrected chi connectivity index (χ4v) is 18.0. The molecule has 0 radical (unpaired) electrons. The number of likely N-dealkylation sites (tertiary alicyclic amines) is 1. The summed E-state index contributed by atoms with van der Waals surface area (Å²) in [6, 6.07) is 42.5. The molecule has 0 bridgehead atoms. The van der Waals surface area contributed by atoms with Crippen molar-refractivity contribution in [3.63, 3.8) is 0 Å². The lowest BCUT2D eigenvalue weighted by Crippen LogP contribution is -2.46. The van der Waals surface area contributed by atoms with E-state index >= 15 is 0 Å². The van der Waals surface area contributed by atoms with Crippen LogP contribution in [0.15, 0.2) is 150 Å². The number of hydrogen-bond donors (Lipinski definition) is 6. The number of alkyl halides is 1. The number of piperidine rings is 1. The maximum absolute atomic E-state index is 12.2. The van der Waals surface area contributed by atoms with Crippen LogP contribution in [0, 0.1) is 16.7 Å². The molecule has 2 atom stereocenters. The molecule has 2 unspecified atom stereocenters. The highest BCUT2D eigenvalue weighted by molar-refractivity contribution is 9.11. The third kappa shape index (κ3) is 27.2. The number of imidazole rings is 3. The van der Waals surface area contributed by atoms with E-state index < -0.39 is 11.2 Å². The molecule has 10 aromatic rings. The molecule has 7 aromatic carbocycles. The van der Waals surface area contributed by atoms with Gasteiger partial charge >= 0.3 is 12.2 Å². The molecule has 2 aliphatic carbocycles. The number of rotatable bonds is 5. The van der Waals surface area contributed by atoms with Crippen LogP contribution >= 0.6 is 177 Å². The Bertz CT molecular complexity index is 5310. The minimum atomic E-state index is -0.499. The second-order valence-electron chi connectivity index (χ2n) is 30.0. The van der Waals surface area contributed by atoms with Crippen molar-refractivity contribution < 1.29 is 28.7 Å². The number of nitrogens with zero attached hydrogens (tertiary/aromatic N) is 7. The number of fused-ring (bicyclic) bond motifs is 5. The summed E-state index contributed by atoms with van der Waals surface area (Å²) in [6.45, 7) is 16.8. The van der Waals surface area contributed by atoms with Gasteiger partial charge in [-0.1, -0.05) is 189 Å². The molecule has 7 N–H and O–H groups in total. The van der Waals surface area contributed by atoms with Crippen LogP contribution in [0.25, 0.3) is 34.2 Å². The summed E-state index contributed by atoms with van der Waals surface area (Å²) in [5.41, 5.74) is 19.9. The first-order valence-electron chi connectivity index (χ1n) is 37.3. The van der Waals surface area contributed by atoms with Gasteiger partial charge in [-0.15, -0.1) is 0 Å². The van der Waals surface area contributed by atoms with Crippen molar-refractivity contribution in [2.45, 2.75) is 147 Å². The summed E-state index contributed by atoms with van der Waals surface area (Å²) in [6.07, 6.45) is 7.92. The number of H-pyrrole nitrogens is 3. The number of ether oxygens (including phenoxy) is 2. The zero-order chi connectivity index (χ0) is 84.7. The molecule has 3 aromatic heterocycles. The van der Waals surface area contributed by atoms with Crippen molar-refractivity contribution in [3.8, 4) is 40.2 Å². The minimum Gasteiger partial charge on any atom is -0.444 e. The highest BCUT2D eigenvalue weighted by Gasteiger charge is 2.33. The van der Waals surface area contributed by atoms with Gasteiger partial charge in [-0.3, -0.25) is 19.9 Å². The van der Waals surface area contributed by atoms with Gasteiger partial charge in [-0.2, -0.15) is 5.26 Å². The van der Waals surface area contributed by atoms with E-state index in [1.54, 1.807) is 46.2 Å². The highest BCUT2D eigenvalue weighted by Crippen LogP contribution is 2.37. The zero-order valence-electron chi connectivity index (χ0n) is 64.6. The number of ketones is 2. The van der Waals surface area contributed by atoms with Gasteiger partial charge < -0.3 is 45.3 Å². The molecule has 0 saturated carbocycles. The number of aryl methyl sites for hydroxylation is 2. The standard InChI is InChI=1S/C22H20BrCl2N3.C17H19BrClN3O2.C12H11BrClN3.C10H16BrNO3.C10H9ClO.C7H6BrClN2.C7H3BrClN/c23-15-3-6-18(19(25)11-15)22-26-20-7-8-28(12-21(20)27-22)17-5-2-13-1-4-16(24)9-14(13)10-17;1-17(2,3)24-16(23)22-7-6-13-14(9-22)21-15(20-13)11-5-4-10(18)8-12(11)19;13-7-1-2-8(9(14)5-7)12-16-10-3-4-15-6-11(10)17-12;1-10(2,3)15-9(14)12-5-4-8(13)7(11)6-12;11-9-3-1-7-2-4-10(12)6-8(7)5-9;8-4-1-2-5(7(10)11)6(9)3-4;8-6-2-1-5(4-10)7(9)3-6/h1,3-4,6,9,11,17H,2,5,7-8,10,12H2,(H,26,27);4-5,8H,6-7,9H2,1-3H3,(H,20,21);1-2,5,15H,3-4,6H2,(H,16,17);7H,4-6H2,1-3H3;1,3,5H,2,4,6H2;1-3H,(H3,10,11);1-3H. The molecule has 7 heterocycles. The van der Waals surface area contributed by atoms with Gasteiger partial charge in [0.1, 0.15) is 52.1 Å². The van der Waals surface area contributed by atoms with E-state index in [1.165, 1.54) is 40.2 Å². The Labute approximate surface area is 766 Å². The number of nitrogens with two attached hydrogens (primary N) is 1. The van der Waals surface area contributed by atoms with Gasteiger partial charge in [0.2, 0.25) is 0 Å². The highest BCUT2D eigenvalue weighted by atomic mass is 79.9. The van der Waals surface area contributed by atoms with Gasteiger partial charge in [-0.05, 0) is 205 Å². The van der Waals surface area contributed by atoms with E-state index in [2.05, 4.69) is 143 Å². The predicted octanol–water partition coefficient (Wildman–Crippen LogP) is 23.7. The Hall–Kier alpha value is -6.16. The summed E-state index contributed by atoms with van der Waals surface area (Å²) in [4.78, 5) is 76.1. The summed E-state index contributed by atoms with van der Waals surface area (Å²) in [5.74, 6) is 2.91. The zero-order valence-corrected chi connectivity index (χ0v) is 79.4. The number of Topliss-reactive ketones (excluding diaryl/α,β-unsaturated/α-hetero) is 2. The number of aromatic amines is 3. The SMILES string of the molecule is CC(C)(C)OC(=O)N1CCC(=O)C(Br)C1.CC(C)(C)OC(=O)N1CCc2nc(-c3ccc(Br)cc3Cl)[nH]c2C1.Clc1cc(Br)ccc1-c1nc2c([nH]1)CNCC2.Clc1ccc2c(c1)CC(N1CCc3nc(-c4ccc(Br)cc4Cl)[nH]c3C1)CC2.N#Cc1ccc(Br)cc1Cl.N=C(N)c1ccc(Br)cc1Cl.O=C1CCc2ccc(Cl)cc2C1. The Morgan fingerprint density at radius 1 is 0.530 bits per heavy atom. The third-order valence-corrected chi connectivity index (χ3v) is 24.3. The van der Waals surface area contributed by atoms with Crippen LogP contribution in [0.2, 0.25) is 35.2 Å². The monoisotopic (exact) mass is 2100 g/mol. The molecule has 4 aliphatic heterocycles. The second kappa shape index (κ2) is 42.6. The van der Waals surface area contributed by atoms with Crippen LogP contribution in [0.3, 0.4) is 0 Å². The number of halogens is 13. The molecule has 19 nitrogen and oxygen atoms in total. The number of nitrogens with one attached hydrogen (secondary N) is 5. The van der Waals surface area contributed by atoms with Crippen LogP contribution in [0.1, 0.15) is 128 Å². The van der Waals surface area contributed by atoms with E-state index in [4.69, 9.17) is 112 Å². The largest absolute Gasteiger partial charge is 0.444 e. The lowest BCUT2D eigenvalue weighted by Gasteiger charge is -2.37. The van der Waals surface area contributed by atoms with Crippen LogP contribution in [-0.2, 0) is 83.6 Å². The maximum atomic E-state index is 12.2. The Kier molecular flexibility index (Phi) is 33.9. The minimum absolute atomic E-state index is 0.0116. The first-order valence-corrected chi connectivity index (χ1v) is 44.8. The lowest BCUT2D eigenvalue weighted by atomic mass is 9.87.